The topological polar surface area (TPSA) is 90.4 Å². The summed E-state index contributed by atoms with van der Waals surface area (Å²) in [5, 5.41) is 12.7. The highest BCUT2D eigenvalue weighted by molar-refractivity contribution is 5.84. The number of aromatic carboxylic acids is 1. The molecular formula is C10H11N3O4. The van der Waals surface area contributed by atoms with Gasteiger partial charge in [-0.3, -0.25) is 4.68 Å². The number of carboxylic acids is 1. The van der Waals surface area contributed by atoms with Gasteiger partial charge >= 0.3 is 12.0 Å². The molecule has 1 N–H and O–H groups in total. The molecule has 0 saturated carbocycles. The molecule has 17 heavy (non-hydrogen) atoms. The van der Waals surface area contributed by atoms with Gasteiger partial charge in [-0.2, -0.15) is 10.1 Å². The minimum Gasteiger partial charge on any atom is -0.476 e. The molecule has 90 valence electrons. The fourth-order valence-corrected chi connectivity index (χ4v) is 1.16. The van der Waals surface area contributed by atoms with E-state index in [0.29, 0.717) is 5.75 Å². The van der Waals surface area contributed by atoms with Gasteiger partial charge in [-0.1, -0.05) is 0 Å². The SMILES string of the molecule is CC(C)n1cc(Oc2nc(C(=O)O)co2)cn1. The lowest BCUT2D eigenvalue weighted by Gasteiger charge is -2.02. The second-order valence-electron chi connectivity index (χ2n) is 3.66. The van der Waals surface area contributed by atoms with Crippen molar-refractivity contribution in [2.24, 2.45) is 0 Å². The summed E-state index contributed by atoms with van der Waals surface area (Å²) in [6, 6.07) is 0.214. The van der Waals surface area contributed by atoms with Gasteiger partial charge in [-0.05, 0) is 13.8 Å². The van der Waals surface area contributed by atoms with Crippen molar-refractivity contribution in [1.82, 2.24) is 14.8 Å². The Balaban J connectivity index is 2.11. The van der Waals surface area contributed by atoms with Crippen molar-refractivity contribution in [2.45, 2.75) is 19.9 Å². The third-order valence-electron chi connectivity index (χ3n) is 2.01. The molecule has 0 bridgehead atoms. The van der Waals surface area contributed by atoms with E-state index in [-0.39, 0.29) is 17.8 Å². The zero-order valence-electron chi connectivity index (χ0n) is 9.32. The molecule has 2 rings (SSSR count). The van der Waals surface area contributed by atoms with E-state index in [2.05, 4.69) is 10.1 Å². The molecule has 2 heterocycles. The number of carbonyl (C=O) groups is 1. The first-order valence-corrected chi connectivity index (χ1v) is 4.97. The summed E-state index contributed by atoms with van der Waals surface area (Å²) in [4.78, 5) is 14.2. The van der Waals surface area contributed by atoms with Crippen LogP contribution in [-0.2, 0) is 0 Å². The molecule has 0 radical (unpaired) electrons. The van der Waals surface area contributed by atoms with Crippen molar-refractivity contribution in [3.05, 3.63) is 24.4 Å². The van der Waals surface area contributed by atoms with Gasteiger partial charge in [0.1, 0.15) is 6.26 Å². The lowest BCUT2D eigenvalue weighted by Crippen LogP contribution is -1.99. The number of hydrogen-bond donors (Lipinski definition) is 1. The molecule has 0 atom stereocenters. The van der Waals surface area contributed by atoms with Crippen molar-refractivity contribution < 1.29 is 19.1 Å². The van der Waals surface area contributed by atoms with Crippen LogP contribution in [0.25, 0.3) is 0 Å². The Morgan fingerprint density at radius 2 is 2.35 bits per heavy atom. The van der Waals surface area contributed by atoms with E-state index in [0.717, 1.165) is 6.26 Å². The minimum absolute atomic E-state index is 0.120. The van der Waals surface area contributed by atoms with Crippen molar-refractivity contribution in [2.75, 3.05) is 0 Å². The van der Waals surface area contributed by atoms with Gasteiger partial charge in [0.15, 0.2) is 11.4 Å². The van der Waals surface area contributed by atoms with Crippen molar-refractivity contribution in [1.29, 1.82) is 0 Å². The lowest BCUT2D eigenvalue weighted by atomic mass is 10.4. The van der Waals surface area contributed by atoms with Gasteiger partial charge in [0.25, 0.3) is 0 Å². The number of nitrogens with zero attached hydrogens (tertiary/aromatic N) is 3. The Kier molecular flexibility index (Phi) is 2.82. The third-order valence-corrected chi connectivity index (χ3v) is 2.01. The fourth-order valence-electron chi connectivity index (χ4n) is 1.16. The Labute approximate surface area is 96.6 Å². The second kappa shape index (κ2) is 4.28. The van der Waals surface area contributed by atoms with Crippen LogP contribution in [0.4, 0.5) is 0 Å². The Bertz CT molecular complexity index is 529. The monoisotopic (exact) mass is 237 g/mol. The second-order valence-corrected chi connectivity index (χ2v) is 3.66. The van der Waals surface area contributed by atoms with Crippen molar-refractivity contribution in [3.8, 4) is 11.8 Å². The molecule has 0 spiro atoms. The third kappa shape index (κ3) is 2.44. The summed E-state index contributed by atoms with van der Waals surface area (Å²) in [7, 11) is 0. The molecule has 0 amide bonds. The maximum Gasteiger partial charge on any atom is 0.400 e. The molecule has 0 aliphatic carbocycles. The summed E-state index contributed by atoms with van der Waals surface area (Å²) in [6.07, 6.45) is 4.08. The van der Waals surface area contributed by atoms with E-state index in [1.807, 2.05) is 13.8 Å². The molecule has 7 heteroatoms. The Hall–Kier alpha value is -2.31. The normalized spacial score (nSPS) is 10.8. The first-order chi connectivity index (χ1) is 8.06. The molecule has 0 saturated heterocycles. The summed E-state index contributed by atoms with van der Waals surface area (Å²) < 4.78 is 11.8. The van der Waals surface area contributed by atoms with E-state index in [1.165, 1.54) is 6.20 Å². The summed E-state index contributed by atoms with van der Waals surface area (Å²) >= 11 is 0. The van der Waals surface area contributed by atoms with Crippen LogP contribution in [0, 0.1) is 0 Å². The molecule has 0 fully saturated rings. The molecular weight excluding hydrogens is 226 g/mol. The molecule has 2 aromatic heterocycles. The van der Waals surface area contributed by atoms with E-state index in [4.69, 9.17) is 14.3 Å². The summed E-state index contributed by atoms with van der Waals surface area (Å²) in [6.45, 7) is 3.95. The smallest absolute Gasteiger partial charge is 0.400 e. The Morgan fingerprint density at radius 3 is 2.88 bits per heavy atom. The molecule has 0 aliphatic rings. The van der Waals surface area contributed by atoms with Gasteiger partial charge in [0.2, 0.25) is 0 Å². The predicted octanol–water partition coefficient (Wildman–Crippen LogP) is 1.94. The van der Waals surface area contributed by atoms with Crippen molar-refractivity contribution in [3.63, 3.8) is 0 Å². The minimum atomic E-state index is -1.17. The van der Waals surface area contributed by atoms with Gasteiger partial charge in [-0.25, -0.2) is 4.79 Å². The standard InChI is InChI=1S/C10H11N3O4/c1-6(2)13-4-7(3-11-13)17-10-12-8(5-16-10)9(14)15/h3-6H,1-2H3,(H,14,15). The van der Waals surface area contributed by atoms with Crippen LogP contribution in [-0.4, -0.2) is 25.8 Å². The van der Waals surface area contributed by atoms with Crippen molar-refractivity contribution >= 4 is 5.97 Å². The highest BCUT2D eigenvalue weighted by Gasteiger charge is 2.13. The molecule has 0 unspecified atom stereocenters. The van der Waals surface area contributed by atoms with Crippen LogP contribution in [0.1, 0.15) is 30.4 Å². The fraction of sp³-hybridized carbons (Fsp3) is 0.300. The van der Waals surface area contributed by atoms with Gasteiger partial charge < -0.3 is 14.3 Å². The van der Waals surface area contributed by atoms with Crippen LogP contribution in [0.2, 0.25) is 0 Å². The van der Waals surface area contributed by atoms with E-state index >= 15 is 0 Å². The number of hydrogen-bond acceptors (Lipinski definition) is 5. The van der Waals surface area contributed by atoms with Crippen LogP contribution in [0.15, 0.2) is 23.1 Å². The van der Waals surface area contributed by atoms with Gasteiger partial charge in [0, 0.05) is 6.04 Å². The zero-order valence-corrected chi connectivity index (χ0v) is 9.32. The van der Waals surface area contributed by atoms with E-state index < -0.39 is 5.97 Å². The van der Waals surface area contributed by atoms with Crippen LogP contribution < -0.4 is 4.74 Å². The molecule has 2 aromatic rings. The number of ether oxygens (including phenoxy) is 1. The lowest BCUT2D eigenvalue weighted by molar-refractivity contribution is 0.0690. The summed E-state index contributed by atoms with van der Waals surface area (Å²) in [5.41, 5.74) is -0.198. The average molecular weight is 237 g/mol. The first kappa shape index (κ1) is 11.2. The average Bonchev–Trinajstić information content (AvgIpc) is 2.87. The quantitative estimate of drug-likeness (QED) is 0.873. The number of rotatable bonds is 4. The maximum absolute atomic E-state index is 10.6. The zero-order chi connectivity index (χ0) is 12.4. The highest BCUT2D eigenvalue weighted by atomic mass is 16.6. The number of oxazole rings is 1. The largest absolute Gasteiger partial charge is 0.476 e. The van der Waals surface area contributed by atoms with Gasteiger partial charge in [-0.15, -0.1) is 0 Å². The van der Waals surface area contributed by atoms with Gasteiger partial charge in [0.05, 0.1) is 12.4 Å². The van der Waals surface area contributed by atoms with Crippen LogP contribution in [0.5, 0.6) is 11.8 Å². The maximum atomic E-state index is 10.6. The number of carboxylic acid groups (broad SMARTS) is 1. The highest BCUT2D eigenvalue weighted by Crippen LogP contribution is 2.20. The molecule has 0 aliphatic heterocycles. The summed E-state index contributed by atoms with van der Waals surface area (Å²) in [5.74, 6) is -0.723. The Morgan fingerprint density at radius 1 is 1.59 bits per heavy atom. The number of aromatic nitrogens is 3. The van der Waals surface area contributed by atoms with E-state index in [1.54, 1.807) is 10.9 Å². The van der Waals surface area contributed by atoms with E-state index in [9.17, 15) is 4.79 Å². The molecule has 0 aromatic carbocycles. The predicted molar refractivity (Wildman–Crippen MR) is 56.1 cm³/mol. The van der Waals surface area contributed by atoms with Crippen LogP contribution >= 0.6 is 0 Å². The van der Waals surface area contributed by atoms with Crippen LogP contribution in [0.3, 0.4) is 0 Å². The first-order valence-electron chi connectivity index (χ1n) is 4.97. The molecule has 7 nitrogen and oxygen atoms in total.